The first kappa shape index (κ1) is 11.4. The molecule has 0 atom stereocenters. The van der Waals surface area contributed by atoms with Crippen LogP contribution >= 0.6 is 0 Å². The van der Waals surface area contributed by atoms with Gasteiger partial charge in [0.2, 0.25) is 0 Å². The Morgan fingerprint density at radius 2 is 1.94 bits per heavy atom. The van der Waals surface area contributed by atoms with Gasteiger partial charge in [-0.15, -0.1) is 0 Å². The number of hydrogen-bond acceptors (Lipinski definition) is 3. The van der Waals surface area contributed by atoms with Gasteiger partial charge in [-0.1, -0.05) is 0 Å². The van der Waals surface area contributed by atoms with Crippen LogP contribution in [0.3, 0.4) is 0 Å². The summed E-state index contributed by atoms with van der Waals surface area (Å²) < 4.78 is 5.25. The van der Waals surface area contributed by atoms with Gasteiger partial charge in [0.1, 0.15) is 5.75 Å². The maximum atomic E-state index is 11.3. The predicted molar refractivity (Wildman–Crippen MR) is 66.3 cm³/mol. The second-order valence-corrected chi connectivity index (χ2v) is 3.93. The summed E-state index contributed by atoms with van der Waals surface area (Å²) >= 11 is 0. The van der Waals surface area contributed by atoms with Crippen LogP contribution in [0, 0.1) is 13.8 Å². The van der Waals surface area contributed by atoms with Gasteiger partial charge in [0.05, 0.1) is 19.1 Å². The second-order valence-electron chi connectivity index (χ2n) is 3.93. The van der Waals surface area contributed by atoms with Gasteiger partial charge in [0.15, 0.2) is 0 Å². The predicted octanol–water partition coefficient (Wildman–Crippen LogP) is 2.06. The van der Waals surface area contributed by atoms with E-state index in [1.807, 2.05) is 26.0 Å². The molecule has 0 spiro atoms. The summed E-state index contributed by atoms with van der Waals surface area (Å²) in [6.07, 6.45) is 1.41. The van der Waals surface area contributed by atoms with Gasteiger partial charge in [0, 0.05) is 11.6 Å². The third kappa shape index (κ3) is 2.20. The Balaban J connectivity index is 2.60. The van der Waals surface area contributed by atoms with Crippen LogP contribution < -0.4 is 10.3 Å². The van der Waals surface area contributed by atoms with Gasteiger partial charge in [-0.25, -0.2) is 4.98 Å². The van der Waals surface area contributed by atoms with E-state index >= 15 is 0 Å². The van der Waals surface area contributed by atoms with Crippen molar-refractivity contribution >= 4 is 0 Å². The number of rotatable bonds is 2. The topological polar surface area (TPSA) is 55.0 Å². The highest BCUT2D eigenvalue weighted by atomic mass is 16.5. The largest absolute Gasteiger partial charge is 0.496 e. The maximum Gasteiger partial charge on any atom is 0.251 e. The number of benzene rings is 1. The summed E-state index contributed by atoms with van der Waals surface area (Å²) in [6.45, 7) is 3.94. The van der Waals surface area contributed by atoms with Crippen molar-refractivity contribution in [2.75, 3.05) is 7.11 Å². The summed E-state index contributed by atoms with van der Waals surface area (Å²) in [5.41, 5.74) is 3.54. The SMILES string of the molecule is COc1cc(C)c(-c2cc(=O)[nH]cn2)cc1C. The van der Waals surface area contributed by atoms with E-state index < -0.39 is 0 Å². The molecular weight excluding hydrogens is 216 g/mol. The lowest BCUT2D eigenvalue weighted by Gasteiger charge is -2.10. The van der Waals surface area contributed by atoms with Crippen LogP contribution in [0.25, 0.3) is 11.3 Å². The van der Waals surface area contributed by atoms with Crippen molar-refractivity contribution in [1.82, 2.24) is 9.97 Å². The first-order valence-corrected chi connectivity index (χ1v) is 5.32. The van der Waals surface area contributed by atoms with Crippen molar-refractivity contribution in [3.63, 3.8) is 0 Å². The fraction of sp³-hybridized carbons (Fsp3) is 0.231. The summed E-state index contributed by atoms with van der Waals surface area (Å²) in [5, 5.41) is 0. The van der Waals surface area contributed by atoms with Crippen LogP contribution in [-0.4, -0.2) is 17.1 Å². The Hall–Kier alpha value is -2.10. The Morgan fingerprint density at radius 1 is 1.18 bits per heavy atom. The molecule has 1 aromatic carbocycles. The number of nitrogens with one attached hydrogen (secondary N) is 1. The normalized spacial score (nSPS) is 10.3. The fourth-order valence-electron chi connectivity index (χ4n) is 1.80. The molecule has 0 aliphatic rings. The van der Waals surface area contributed by atoms with E-state index in [9.17, 15) is 4.79 Å². The molecule has 0 amide bonds. The van der Waals surface area contributed by atoms with Crippen molar-refractivity contribution in [3.05, 3.63) is 46.0 Å². The summed E-state index contributed by atoms with van der Waals surface area (Å²) in [7, 11) is 1.65. The quantitative estimate of drug-likeness (QED) is 0.859. The van der Waals surface area contributed by atoms with Gasteiger partial charge >= 0.3 is 0 Å². The molecule has 0 aliphatic carbocycles. The average Bonchev–Trinajstić information content (AvgIpc) is 2.31. The van der Waals surface area contributed by atoms with Crippen LogP contribution in [0.5, 0.6) is 5.75 Å². The Bertz CT molecular complexity index is 603. The number of nitrogens with zero attached hydrogens (tertiary/aromatic N) is 1. The molecule has 17 heavy (non-hydrogen) atoms. The zero-order valence-corrected chi connectivity index (χ0v) is 10.1. The number of aryl methyl sites for hydroxylation is 2. The maximum absolute atomic E-state index is 11.3. The minimum Gasteiger partial charge on any atom is -0.496 e. The molecule has 0 fully saturated rings. The summed E-state index contributed by atoms with van der Waals surface area (Å²) in [5.74, 6) is 0.844. The number of aromatic nitrogens is 2. The van der Waals surface area contributed by atoms with Crippen LogP contribution in [0.2, 0.25) is 0 Å². The van der Waals surface area contributed by atoms with E-state index in [1.54, 1.807) is 7.11 Å². The molecule has 0 bridgehead atoms. The number of aromatic amines is 1. The first-order valence-electron chi connectivity index (χ1n) is 5.32. The highest BCUT2D eigenvalue weighted by molar-refractivity contribution is 5.65. The molecule has 1 heterocycles. The standard InChI is InChI=1S/C13H14N2O2/c1-8-5-12(17-3)9(2)4-10(8)11-6-13(16)15-7-14-11/h4-7H,1-3H3,(H,14,15,16). The van der Waals surface area contributed by atoms with Crippen LogP contribution in [0.15, 0.2) is 29.3 Å². The van der Waals surface area contributed by atoms with Gasteiger partial charge < -0.3 is 9.72 Å². The zero-order valence-electron chi connectivity index (χ0n) is 10.1. The van der Waals surface area contributed by atoms with Gasteiger partial charge in [-0.05, 0) is 37.1 Å². The van der Waals surface area contributed by atoms with Crippen LogP contribution in [0.1, 0.15) is 11.1 Å². The second kappa shape index (κ2) is 4.41. The molecule has 4 nitrogen and oxygen atoms in total. The van der Waals surface area contributed by atoms with E-state index in [4.69, 9.17) is 4.74 Å². The number of H-pyrrole nitrogens is 1. The molecular formula is C13H14N2O2. The van der Waals surface area contributed by atoms with Gasteiger partial charge in [-0.3, -0.25) is 4.79 Å². The van der Waals surface area contributed by atoms with Crippen molar-refractivity contribution in [3.8, 4) is 17.0 Å². The average molecular weight is 230 g/mol. The van der Waals surface area contributed by atoms with Crippen LogP contribution in [-0.2, 0) is 0 Å². The summed E-state index contributed by atoms with van der Waals surface area (Å²) in [6, 6.07) is 5.43. The summed E-state index contributed by atoms with van der Waals surface area (Å²) in [4.78, 5) is 17.9. The van der Waals surface area contributed by atoms with Crippen LogP contribution in [0.4, 0.5) is 0 Å². The Morgan fingerprint density at radius 3 is 2.59 bits per heavy atom. The minimum atomic E-state index is -0.150. The molecule has 4 heteroatoms. The molecule has 1 N–H and O–H groups in total. The lowest BCUT2D eigenvalue weighted by molar-refractivity contribution is 0.411. The zero-order chi connectivity index (χ0) is 12.4. The lowest BCUT2D eigenvalue weighted by atomic mass is 10.0. The molecule has 0 saturated heterocycles. The molecule has 2 rings (SSSR count). The number of ether oxygens (including phenoxy) is 1. The fourth-order valence-corrected chi connectivity index (χ4v) is 1.80. The first-order chi connectivity index (χ1) is 8.11. The van der Waals surface area contributed by atoms with Crippen molar-refractivity contribution in [2.24, 2.45) is 0 Å². The van der Waals surface area contributed by atoms with E-state index in [2.05, 4.69) is 9.97 Å². The van der Waals surface area contributed by atoms with Crippen molar-refractivity contribution in [1.29, 1.82) is 0 Å². The molecule has 1 aromatic heterocycles. The smallest absolute Gasteiger partial charge is 0.251 e. The Labute approximate surface area is 99.3 Å². The molecule has 0 saturated carbocycles. The van der Waals surface area contributed by atoms with E-state index in [0.717, 1.165) is 22.4 Å². The number of methoxy groups -OCH3 is 1. The van der Waals surface area contributed by atoms with Gasteiger partial charge in [0.25, 0.3) is 5.56 Å². The highest BCUT2D eigenvalue weighted by Gasteiger charge is 2.08. The van der Waals surface area contributed by atoms with E-state index in [0.29, 0.717) is 5.69 Å². The lowest BCUT2D eigenvalue weighted by Crippen LogP contribution is -2.05. The number of hydrogen-bond donors (Lipinski definition) is 1. The third-order valence-corrected chi connectivity index (χ3v) is 2.70. The molecule has 88 valence electrons. The van der Waals surface area contributed by atoms with Crippen molar-refractivity contribution in [2.45, 2.75) is 13.8 Å². The van der Waals surface area contributed by atoms with E-state index in [-0.39, 0.29) is 5.56 Å². The van der Waals surface area contributed by atoms with E-state index in [1.165, 1.54) is 12.4 Å². The molecule has 0 aliphatic heterocycles. The molecule has 2 aromatic rings. The molecule has 0 radical (unpaired) electrons. The van der Waals surface area contributed by atoms with Gasteiger partial charge in [-0.2, -0.15) is 0 Å². The monoisotopic (exact) mass is 230 g/mol. The van der Waals surface area contributed by atoms with Crippen molar-refractivity contribution < 1.29 is 4.74 Å². The Kier molecular flexibility index (Phi) is 2.95. The third-order valence-electron chi connectivity index (χ3n) is 2.70. The highest BCUT2D eigenvalue weighted by Crippen LogP contribution is 2.28. The molecule has 0 unspecified atom stereocenters. The minimum absolute atomic E-state index is 0.150.